The van der Waals surface area contributed by atoms with Crippen LogP contribution < -0.4 is 5.32 Å². The van der Waals surface area contributed by atoms with Gasteiger partial charge in [0, 0.05) is 23.7 Å². The van der Waals surface area contributed by atoms with Crippen LogP contribution in [0.2, 0.25) is 0 Å². The van der Waals surface area contributed by atoms with Crippen molar-refractivity contribution < 1.29 is 9.90 Å². The monoisotopic (exact) mass is 254 g/mol. The van der Waals surface area contributed by atoms with Crippen molar-refractivity contribution >= 4 is 17.3 Å². The zero-order valence-corrected chi connectivity index (χ0v) is 10.8. The van der Waals surface area contributed by atoms with Crippen molar-refractivity contribution in [2.75, 3.05) is 0 Å². The normalized spacial score (nSPS) is 24.8. The van der Waals surface area contributed by atoms with Crippen LogP contribution in [0.4, 0.5) is 0 Å². The standard InChI is InChI=1S/C12H18N2O2S/c1-8-6-14-11(17-8)7-13-10-4-2-9(3-5-10)12(15)16/h6,9-10,13H,2-5,7H2,1H3,(H,15,16). The van der Waals surface area contributed by atoms with Crippen LogP contribution in [0.5, 0.6) is 0 Å². The van der Waals surface area contributed by atoms with Crippen molar-refractivity contribution in [3.05, 3.63) is 16.1 Å². The lowest BCUT2D eigenvalue weighted by Crippen LogP contribution is -2.34. The first-order valence-electron chi connectivity index (χ1n) is 6.02. The first-order valence-corrected chi connectivity index (χ1v) is 6.84. The van der Waals surface area contributed by atoms with Gasteiger partial charge in [-0.15, -0.1) is 11.3 Å². The number of aryl methyl sites for hydroxylation is 1. The van der Waals surface area contributed by atoms with Gasteiger partial charge >= 0.3 is 5.97 Å². The smallest absolute Gasteiger partial charge is 0.306 e. The third kappa shape index (κ3) is 3.51. The molecule has 17 heavy (non-hydrogen) atoms. The number of rotatable bonds is 4. The average molecular weight is 254 g/mol. The van der Waals surface area contributed by atoms with Crippen LogP contribution in [0.1, 0.15) is 35.6 Å². The molecule has 0 aromatic carbocycles. The largest absolute Gasteiger partial charge is 0.481 e. The second-order valence-corrected chi connectivity index (χ2v) is 5.95. The highest BCUT2D eigenvalue weighted by Gasteiger charge is 2.25. The maximum atomic E-state index is 10.8. The summed E-state index contributed by atoms with van der Waals surface area (Å²) in [5, 5.41) is 13.5. The summed E-state index contributed by atoms with van der Waals surface area (Å²) >= 11 is 1.71. The first-order chi connectivity index (χ1) is 8.15. The van der Waals surface area contributed by atoms with Crippen LogP contribution in [0.3, 0.4) is 0 Å². The fourth-order valence-electron chi connectivity index (χ4n) is 2.26. The van der Waals surface area contributed by atoms with Gasteiger partial charge in [-0.1, -0.05) is 0 Å². The summed E-state index contributed by atoms with van der Waals surface area (Å²) in [4.78, 5) is 16.4. The van der Waals surface area contributed by atoms with E-state index in [1.54, 1.807) is 11.3 Å². The van der Waals surface area contributed by atoms with Crippen molar-refractivity contribution in [2.45, 2.75) is 45.2 Å². The summed E-state index contributed by atoms with van der Waals surface area (Å²) < 4.78 is 0. The van der Waals surface area contributed by atoms with E-state index in [0.717, 1.165) is 37.2 Å². The van der Waals surface area contributed by atoms with Crippen molar-refractivity contribution in [2.24, 2.45) is 5.92 Å². The quantitative estimate of drug-likeness (QED) is 0.864. The highest BCUT2D eigenvalue weighted by molar-refractivity contribution is 7.11. The van der Waals surface area contributed by atoms with E-state index >= 15 is 0 Å². The van der Waals surface area contributed by atoms with Gasteiger partial charge in [0.15, 0.2) is 0 Å². The minimum Gasteiger partial charge on any atom is -0.481 e. The van der Waals surface area contributed by atoms with Crippen LogP contribution in [-0.4, -0.2) is 22.1 Å². The predicted octanol–water partition coefficient (Wildman–Crippen LogP) is 2.18. The molecular formula is C12H18N2O2S. The third-order valence-electron chi connectivity index (χ3n) is 3.29. The van der Waals surface area contributed by atoms with Crippen LogP contribution >= 0.6 is 11.3 Å². The summed E-state index contributed by atoms with van der Waals surface area (Å²) in [5.74, 6) is -0.769. The fourth-order valence-corrected chi connectivity index (χ4v) is 3.00. The highest BCUT2D eigenvalue weighted by atomic mass is 32.1. The zero-order valence-electron chi connectivity index (χ0n) is 9.98. The van der Waals surface area contributed by atoms with E-state index < -0.39 is 5.97 Å². The number of hydrogen-bond acceptors (Lipinski definition) is 4. The van der Waals surface area contributed by atoms with E-state index in [0.29, 0.717) is 6.04 Å². The minimum atomic E-state index is -0.640. The Hall–Kier alpha value is -0.940. The molecule has 0 unspecified atom stereocenters. The molecular weight excluding hydrogens is 236 g/mol. The maximum absolute atomic E-state index is 10.8. The predicted molar refractivity (Wildman–Crippen MR) is 67.1 cm³/mol. The topological polar surface area (TPSA) is 62.2 Å². The summed E-state index contributed by atoms with van der Waals surface area (Å²) in [6.45, 7) is 2.86. The van der Waals surface area contributed by atoms with Gasteiger partial charge in [-0.3, -0.25) is 4.79 Å². The Morgan fingerprint density at radius 1 is 1.53 bits per heavy atom. The van der Waals surface area contributed by atoms with Gasteiger partial charge in [0.1, 0.15) is 5.01 Å². The Labute approximate surface area is 105 Å². The molecule has 0 saturated heterocycles. The molecule has 0 bridgehead atoms. The summed E-state index contributed by atoms with van der Waals surface area (Å²) in [5.41, 5.74) is 0. The number of aliphatic carboxylic acids is 1. The van der Waals surface area contributed by atoms with Crippen LogP contribution in [-0.2, 0) is 11.3 Å². The van der Waals surface area contributed by atoms with Crippen molar-refractivity contribution in [3.63, 3.8) is 0 Å². The number of hydrogen-bond donors (Lipinski definition) is 2. The molecule has 1 aliphatic carbocycles. The number of aromatic nitrogens is 1. The zero-order chi connectivity index (χ0) is 12.3. The number of carboxylic acids is 1. The lowest BCUT2D eigenvalue weighted by Gasteiger charge is -2.26. The molecule has 1 fully saturated rings. The number of thiazole rings is 1. The van der Waals surface area contributed by atoms with E-state index in [-0.39, 0.29) is 5.92 Å². The molecule has 1 aliphatic rings. The molecule has 2 rings (SSSR count). The summed E-state index contributed by atoms with van der Waals surface area (Å²) in [6.07, 6.45) is 5.40. The number of carboxylic acid groups (broad SMARTS) is 1. The summed E-state index contributed by atoms with van der Waals surface area (Å²) in [7, 11) is 0. The highest BCUT2D eigenvalue weighted by Crippen LogP contribution is 2.24. The van der Waals surface area contributed by atoms with E-state index in [1.807, 2.05) is 6.20 Å². The molecule has 2 N–H and O–H groups in total. The van der Waals surface area contributed by atoms with Crippen LogP contribution in [0.15, 0.2) is 6.20 Å². The lowest BCUT2D eigenvalue weighted by atomic mass is 9.86. The van der Waals surface area contributed by atoms with Crippen molar-refractivity contribution in [1.82, 2.24) is 10.3 Å². The fraction of sp³-hybridized carbons (Fsp3) is 0.667. The van der Waals surface area contributed by atoms with E-state index in [9.17, 15) is 4.79 Å². The van der Waals surface area contributed by atoms with Gasteiger partial charge < -0.3 is 10.4 Å². The molecule has 0 spiro atoms. The van der Waals surface area contributed by atoms with Gasteiger partial charge in [0.25, 0.3) is 0 Å². The molecule has 1 saturated carbocycles. The molecule has 94 valence electrons. The lowest BCUT2D eigenvalue weighted by molar-refractivity contribution is -0.142. The maximum Gasteiger partial charge on any atom is 0.306 e. The molecule has 0 amide bonds. The number of carbonyl (C=O) groups is 1. The van der Waals surface area contributed by atoms with Gasteiger partial charge in [-0.25, -0.2) is 4.98 Å². The van der Waals surface area contributed by atoms with Gasteiger partial charge in [-0.05, 0) is 32.6 Å². The Balaban J connectivity index is 1.73. The number of nitrogens with zero attached hydrogens (tertiary/aromatic N) is 1. The van der Waals surface area contributed by atoms with Crippen molar-refractivity contribution in [1.29, 1.82) is 0 Å². The second kappa shape index (κ2) is 5.60. The second-order valence-electron chi connectivity index (χ2n) is 4.63. The van der Waals surface area contributed by atoms with Crippen LogP contribution in [0.25, 0.3) is 0 Å². The third-order valence-corrected chi connectivity index (χ3v) is 4.20. The van der Waals surface area contributed by atoms with E-state index in [4.69, 9.17) is 5.11 Å². The first kappa shape index (κ1) is 12.5. The molecule has 0 atom stereocenters. The molecule has 4 nitrogen and oxygen atoms in total. The SMILES string of the molecule is Cc1cnc(CNC2CCC(C(=O)O)CC2)s1. The molecule has 1 heterocycles. The molecule has 1 aromatic rings. The van der Waals surface area contributed by atoms with Gasteiger partial charge in [0.05, 0.1) is 5.92 Å². The molecule has 0 radical (unpaired) electrons. The number of nitrogens with one attached hydrogen (secondary N) is 1. The Kier molecular flexibility index (Phi) is 4.12. The van der Waals surface area contributed by atoms with E-state index in [1.165, 1.54) is 4.88 Å². The summed E-state index contributed by atoms with van der Waals surface area (Å²) in [6, 6.07) is 0.454. The minimum absolute atomic E-state index is 0.129. The molecule has 1 aromatic heterocycles. The Bertz CT molecular complexity index is 384. The Morgan fingerprint density at radius 2 is 2.24 bits per heavy atom. The molecule has 5 heteroatoms. The Morgan fingerprint density at radius 3 is 2.76 bits per heavy atom. The van der Waals surface area contributed by atoms with E-state index in [2.05, 4.69) is 17.2 Å². The van der Waals surface area contributed by atoms with Crippen LogP contribution in [0, 0.1) is 12.8 Å². The van der Waals surface area contributed by atoms with Gasteiger partial charge in [-0.2, -0.15) is 0 Å². The average Bonchev–Trinajstić information content (AvgIpc) is 2.73. The van der Waals surface area contributed by atoms with Gasteiger partial charge in [0.2, 0.25) is 0 Å². The molecule has 0 aliphatic heterocycles. The van der Waals surface area contributed by atoms with Crippen molar-refractivity contribution in [3.8, 4) is 0 Å².